The molecule has 0 bridgehead atoms. The molecule has 1 heterocycles. The summed E-state index contributed by atoms with van der Waals surface area (Å²) in [5, 5.41) is 0. The zero-order valence-electron chi connectivity index (χ0n) is 11.2. The standard InChI is InChI=1S/C15H20N2O/c1-4-14-13(7-8-18-14)15(17-16)12-6-5-10(2)11(3)9-12/h5-9,15,17H,4,16H2,1-3H3. The Kier molecular flexibility index (Phi) is 3.84. The molecule has 3 N–H and O–H groups in total. The van der Waals surface area contributed by atoms with E-state index in [-0.39, 0.29) is 6.04 Å². The zero-order chi connectivity index (χ0) is 13.1. The Balaban J connectivity index is 2.42. The number of benzene rings is 1. The zero-order valence-corrected chi connectivity index (χ0v) is 11.2. The lowest BCUT2D eigenvalue weighted by atomic mass is 9.96. The number of furan rings is 1. The van der Waals surface area contributed by atoms with Gasteiger partial charge in [0.2, 0.25) is 0 Å². The van der Waals surface area contributed by atoms with Gasteiger partial charge in [-0.1, -0.05) is 25.1 Å². The summed E-state index contributed by atoms with van der Waals surface area (Å²) in [6.07, 6.45) is 2.59. The molecule has 96 valence electrons. The van der Waals surface area contributed by atoms with Crippen LogP contribution < -0.4 is 11.3 Å². The van der Waals surface area contributed by atoms with Gasteiger partial charge in [-0.3, -0.25) is 5.84 Å². The third kappa shape index (κ3) is 2.33. The minimum atomic E-state index is -0.0157. The van der Waals surface area contributed by atoms with E-state index in [1.165, 1.54) is 11.1 Å². The molecule has 0 aliphatic carbocycles. The van der Waals surface area contributed by atoms with Crippen LogP contribution in [0.25, 0.3) is 0 Å². The Morgan fingerprint density at radius 3 is 2.61 bits per heavy atom. The maximum absolute atomic E-state index is 5.72. The van der Waals surface area contributed by atoms with Crippen molar-refractivity contribution in [1.29, 1.82) is 0 Å². The third-order valence-corrected chi connectivity index (χ3v) is 3.44. The smallest absolute Gasteiger partial charge is 0.108 e. The van der Waals surface area contributed by atoms with E-state index in [9.17, 15) is 0 Å². The number of rotatable bonds is 4. The molecule has 18 heavy (non-hydrogen) atoms. The first-order valence-corrected chi connectivity index (χ1v) is 6.27. The Morgan fingerprint density at radius 2 is 2.00 bits per heavy atom. The average Bonchev–Trinajstić information content (AvgIpc) is 2.83. The number of nitrogens with two attached hydrogens (primary N) is 1. The lowest BCUT2D eigenvalue weighted by molar-refractivity contribution is 0.502. The van der Waals surface area contributed by atoms with E-state index < -0.39 is 0 Å². The summed E-state index contributed by atoms with van der Waals surface area (Å²) < 4.78 is 5.48. The van der Waals surface area contributed by atoms with E-state index in [0.29, 0.717) is 0 Å². The van der Waals surface area contributed by atoms with Crippen molar-refractivity contribution in [2.75, 3.05) is 0 Å². The van der Waals surface area contributed by atoms with Gasteiger partial charge in [-0.25, -0.2) is 5.43 Å². The predicted octanol–water partition coefficient (Wildman–Crippen LogP) is 3.01. The van der Waals surface area contributed by atoms with Gasteiger partial charge in [-0.15, -0.1) is 0 Å². The van der Waals surface area contributed by atoms with Crippen molar-refractivity contribution in [3.63, 3.8) is 0 Å². The highest BCUT2D eigenvalue weighted by Gasteiger charge is 2.18. The van der Waals surface area contributed by atoms with Crippen LogP contribution in [0.3, 0.4) is 0 Å². The predicted molar refractivity (Wildman–Crippen MR) is 73.2 cm³/mol. The number of hydrogen-bond acceptors (Lipinski definition) is 3. The van der Waals surface area contributed by atoms with Crippen molar-refractivity contribution >= 4 is 0 Å². The molecule has 1 unspecified atom stereocenters. The minimum absolute atomic E-state index is 0.0157. The van der Waals surface area contributed by atoms with E-state index in [2.05, 4.69) is 44.4 Å². The second-order valence-corrected chi connectivity index (χ2v) is 4.60. The van der Waals surface area contributed by atoms with E-state index in [0.717, 1.165) is 23.3 Å². The van der Waals surface area contributed by atoms with Crippen LogP contribution in [0.15, 0.2) is 34.9 Å². The summed E-state index contributed by atoms with van der Waals surface area (Å²) in [5.41, 5.74) is 7.72. The van der Waals surface area contributed by atoms with Gasteiger partial charge in [0.25, 0.3) is 0 Å². The van der Waals surface area contributed by atoms with Gasteiger partial charge in [0.1, 0.15) is 5.76 Å². The molecule has 0 fully saturated rings. The second kappa shape index (κ2) is 5.38. The van der Waals surface area contributed by atoms with Crippen LogP contribution in [0.2, 0.25) is 0 Å². The van der Waals surface area contributed by atoms with E-state index in [1.807, 2.05) is 6.07 Å². The van der Waals surface area contributed by atoms with Crippen molar-refractivity contribution in [1.82, 2.24) is 5.43 Å². The van der Waals surface area contributed by atoms with Gasteiger partial charge in [0, 0.05) is 12.0 Å². The number of nitrogens with one attached hydrogen (secondary N) is 1. The lowest BCUT2D eigenvalue weighted by Crippen LogP contribution is -2.29. The maximum Gasteiger partial charge on any atom is 0.108 e. The Labute approximate surface area is 108 Å². The first-order chi connectivity index (χ1) is 8.67. The summed E-state index contributed by atoms with van der Waals surface area (Å²) in [5.74, 6) is 6.70. The molecule has 3 heteroatoms. The van der Waals surface area contributed by atoms with E-state index in [4.69, 9.17) is 10.3 Å². The summed E-state index contributed by atoms with van der Waals surface area (Å²) in [6.45, 7) is 6.30. The highest BCUT2D eigenvalue weighted by Crippen LogP contribution is 2.27. The Bertz CT molecular complexity index is 531. The molecule has 2 aromatic rings. The molecule has 1 atom stereocenters. The fourth-order valence-electron chi connectivity index (χ4n) is 2.20. The molecule has 0 spiro atoms. The lowest BCUT2D eigenvalue weighted by Gasteiger charge is -2.17. The monoisotopic (exact) mass is 244 g/mol. The van der Waals surface area contributed by atoms with Gasteiger partial charge in [-0.2, -0.15) is 0 Å². The van der Waals surface area contributed by atoms with Crippen molar-refractivity contribution in [3.05, 3.63) is 58.5 Å². The number of aryl methyl sites for hydroxylation is 3. The SMILES string of the molecule is CCc1occc1C(NN)c1ccc(C)c(C)c1. The van der Waals surface area contributed by atoms with Crippen LogP contribution in [-0.4, -0.2) is 0 Å². The van der Waals surface area contributed by atoms with Crippen molar-refractivity contribution in [3.8, 4) is 0 Å². The fourth-order valence-corrected chi connectivity index (χ4v) is 2.20. The second-order valence-electron chi connectivity index (χ2n) is 4.60. The van der Waals surface area contributed by atoms with E-state index >= 15 is 0 Å². The number of hydrazine groups is 1. The molecule has 1 aromatic heterocycles. The van der Waals surface area contributed by atoms with Gasteiger partial charge in [0.15, 0.2) is 0 Å². The molecule has 0 aliphatic heterocycles. The molecule has 0 saturated heterocycles. The molecule has 0 radical (unpaired) electrons. The quantitative estimate of drug-likeness (QED) is 0.642. The van der Waals surface area contributed by atoms with Crippen LogP contribution in [0.1, 0.15) is 41.0 Å². The van der Waals surface area contributed by atoms with Gasteiger partial charge < -0.3 is 4.42 Å². The van der Waals surface area contributed by atoms with Gasteiger partial charge >= 0.3 is 0 Å². The molecule has 0 amide bonds. The van der Waals surface area contributed by atoms with Gasteiger partial charge in [-0.05, 0) is 36.6 Å². The first kappa shape index (κ1) is 12.9. The summed E-state index contributed by atoms with van der Waals surface area (Å²) in [4.78, 5) is 0. The fraction of sp³-hybridized carbons (Fsp3) is 0.333. The van der Waals surface area contributed by atoms with Crippen molar-refractivity contribution in [2.45, 2.75) is 33.2 Å². The average molecular weight is 244 g/mol. The molecule has 0 saturated carbocycles. The molecular weight excluding hydrogens is 224 g/mol. The van der Waals surface area contributed by atoms with Crippen molar-refractivity contribution < 1.29 is 4.42 Å². The highest BCUT2D eigenvalue weighted by molar-refractivity contribution is 5.37. The summed E-state index contributed by atoms with van der Waals surface area (Å²) >= 11 is 0. The number of hydrogen-bond donors (Lipinski definition) is 2. The Hall–Kier alpha value is -1.58. The van der Waals surface area contributed by atoms with Crippen LogP contribution >= 0.6 is 0 Å². The van der Waals surface area contributed by atoms with Gasteiger partial charge in [0.05, 0.1) is 12.3 Å². The molecule has 2 rings (SSSR count). The minimum Gasteiger partial charge on any atom is -0.469 e. The topological polar surface area (TPSA) is 51.2 Å². The molecule has 1 aromatic carbocycles. The van der Waals surface area contributed by atoms with Crippen molar-refractivity contribution in [2.24, 2.45) is 5.84 Å². The molecule has 0 aliphatic rings. The normalized spacial score (nSPS) is 12.7. The maximum atomic E-state index is 5.72. The van der Waals surface area contributed by atoms with Crippen LogP contribution in [-0.2, 0) is 6.42 Å². The van der Waals surface area contributed by atoms with E-state index in [1.54, 1.807) is 6.26 Å². The largest absolute Gasteiger partial charge is 0.469 e. The summed E-state index contributed by atoms with van der Waals surface area (Å²) in [7, 11) is 0. The third-order valence-electron chi connectivity index (χ3n) is 3.44. The Morgan fingerprint density at radius 1 is 1.22 bits per heavy atom. The molecule has 3 nitrogen and oxygen atoms in total. The highest BCUT2D eigenvalue weighted by atomic mass is 16.3. The summed E-state index contributed by atoms with van der Waals surface area (Å²) in [6, 6.07) is 8.38. The van der Waals surface area contributed by atoms with Crippen LogP contribution in [0, 0.1) is 13.8 Å². The van der Waals surface area contributed by atoms with Crippen LogP contribution in [0.4, 0.5) is 0 Å². The van der Waals surface area contributed by atoms with Crippen LogP contribution in [0.5, 0.6) is 0 Å². The first-order valence-electron chi connectivity index (χ1n) is 6.27. The molecular formula is C15H20N2O.